The van der Waals surface area contributed by atoms with E-state index in [0.29, 0.717) is 17.1 Å². The Morgan fingerprint density at radius 2 is 1.79 bits per heavy atom. The van der Waals surface area contributed by atoms with Crippen molar-refractivity contribution in [3.8, 4) is 5.75 Å². The van der Waals surface area contributed by atoms with Crippen LogP contribution in [-0.4, -0.2) is 31.5 Å². The zero-order valence-corrected chi connectivity index (χ0v) is 14.7. The molecule has 0 bridgehead atoms. The van der Waals surface area contributed by atoms with Gasteiger partial charge in [-0.1, -0.05) is 20.8 Å². The van der Waals surface area contributed by atoms with Crippen LogP contribution in [0.5, 0.6) is 5.75 Å². The van der Waals surface area contributed by atoms with Gasteiger partial charge in [-0.2, -0.15) is 0 Å². The molecule has 0 aliphatic heterocycles. The number of rotatable bonds is 6. The van der Waals surface area contributed by atoms with Gasteiger partial charge in [0.15, 0.2) is 6.61 Å². The number of methoxy groups -OCH3 is 1. The standard InChI is InChI=1S/C17H24N2O5/c1-11(20)18-12-6-7-14(23-5)13(8-12)19-15(21)10-24-16(22)9-17(2,3)4/h6-8H,9-10H2,1-5H3,(H,18,20)(H,19,21). The third kappa shape index (κ3) is 7.13. The van der Waals surface area contributed by atoms with Crippen molar-refractivity contribution in [2.45, 2.75) is 34.1 Å². The summed E-state index contributed by atoms with van der Waals surface area (Å²) in [6, 6.07) is 4.83. The summed E-state index contributed by atoms with van der Waals surface area (Å²) >= 11 is 0. The Balaban J connectivity index is 2.68. The topological polar surface area (TPSA) is 93.7 Å². The number of carbonyl (C=O) groups is 3. The van der Waals surface area contributed by atoms with Gasteiger partial charge in [0.2, 0.25) is 5.91 Å². The molecule has 0 fully saturated rings. The molecule has 0 radical (unpaired) electrons. The molecule has 1 aromatic carbocycles. The van der Waals surface area contributed by atoms with Crippen molar-refractivity contribution in [2.75, 3.05) is 24.4 Å². The van der Waals surface area contributed by atoms with Crippen LogP contribution in [0.1, 0.15) is 34.1 Å². The van der Waals surface area contributed by atoms with E-state index in [0.717, 1.165) is 0 Å². The fourth-order valence-electron chi connectivity index (χ4n) is 1.90. The molecule has 0 aliphatic rings. The monoisotopic (exact) mass is 336 g/mol. The first-order valence-electron chi connectivity index (χ1n) is 7.52. The van der Waals surface area contributed by atoms with E-state index in [1.807, 2.05) is 20.8 Å². The first kappa shape index (κ1) is 19.5. The van der Waals surface area contributed by atoms with Crippen molar-refractivity contribution < 1.29 is 23.9 Å². The second-order valence-corrected chi connectivity index (χ2v) is 6.54. The number of carbonyl (C=O) groups excluding carboxylic acids is 3. The van der Waals surface area contributed by atoms with Crippen molar-refractivity contribution in [2.24, 2.45) is 5.41 Å². The average Bonchev–Trinajstić information content (AvgIpc) is 2.43. The first-order chi connectivity index (χ1) is 11.1. The minimum Gasteiger partial charge on any atom is -0.495 e. The largest absolute Gasteiger partial charge is 0.495 e. The molecule has 0 saturated carbocycles. The summed E-state index contributed by atoms with van der Waals surface area (Å²) in [4.78, 5) is 34.7. The quantitative estimate of drug-likeness (QED) is 0.779. The van der Waals surface area contributed by atoms with Gasteiger partial charge in [-0.05, 0) is 23.6 Å². The van der Waals surface area contributed by atoms with Gasteiger partial charge in [0.1, 0.15) is 5.75 Å². The number of benzene rings is 1. The van der Waals surface area contributed by atoms with Gasteiger partial charge >= 0.3 is 5.97 Å². The summed E-state index contributed by atoms with van der Waals surface area (Å²) in [6.45, 7) is 6.73. The Morgan fingerprint density at radius 3 is 2.33 bits per heavy atom. The molecule has 1 aromatic rings. The summed E-state index contributed by atoms with van der Waals surface area (Å²) in [5, 5.41) is 5.22. The lowest BCUT2D eigenvalue weighted by molar-refractivity contribution is -0.149. The van der Waals surface area contributed by atoms with Crippen LogP contribution in [0.25, 0.3) is 0 Å². The first-order valence-corrected chi connectivity index (χ1v) is 7.52. The van der Waals surface area contributed by atoms with Crippen molar-refractivity contribution in [3.05, 3.63) is 18.2 Å². The lowest BCUT2D eigenvalue weighted by Gasteiger charge is -2.16. The van der Waals surface area contributed by atoms with Crippen LogP contribution < -0.4 is 15.4 Å². The highest BCUT2D eigenvalue weighted by Crippen LogP contribution is 2.27. The third-order valence-electron chi connectivity index (χ3n) is 2.83. The molecule has 24 heavy (non-hydrogen) atoms. The van der Waals surface area contributed by atoms with Crippen molar-refractivity contribution in [3.63, 3.8) is 0 Å². The molecule has 7 nitrogen and oxygen atoms in total. The third-order valence-corrected chi connectivity index (χ3v) is 2.83. The number of hydrogen-bond acceptors (Lipinski definition) is 5. The van der Waals surface area contributed by atoms with Crippen LogP contribution in [0.2, 0.25) is 0 Å². The van der Waals surface area contributed by atoms with Crippen molar-refractivity contribution in [1.82, 2.24) is 0 Å². The highest BCUT2D eigenvalue weighted by Gasteiger charge is 2.18. The molecule has 0 atom stereocenters. The molecule has 0 spiro atoms. The zero-order chi connectivity index (χ0) is 18.3. The Hall–Kier alpha value is -2.57. The summed E-state index contributed by atoms with van der Waals surface area (Å²) in [5.41, 5.74) is 0.688. The van der Waals surface area contributed by atoms with Gasteiger partial charge in [0.25, 0.3) is 5.91 Å². The van der Waals surface area contributed by atoms with E-state index in [2.05, 4.69) is 10.6 Å². The van der Waals surface area contributed by atoms with Crippen molar-refractivity contribution in [1.29, 1.82) is 0 Å². The molecule has 7 heteroatoms. The van der Waals surface area contributed by atoms with E-state index in [-0.39, 0.29) is 24.3 Å². The van der Waals surface area contributed by atoms with Crippen LogP contribution in [0.15, 0.2) is 18.2 Å². The fraction of sp³-hybridized carbons (Fsp3) is 0.471. The molecule has 2 N–H and O–H groups in total. The Morgan fingerprint density at radius 1 is 1.12 bits per heavy atom. The van der Waals surface area contributed by atoms with Crippen LogP contribution in [0.4, 0.5) is 11.4 Å². The number of esters is 1. The Bertz CT molecular complexity index is 620. The average molecular weight is 336 g/mol. The molecule has 0 saturated heterocycles. The summed E-state index contributed by atoms with van der Waals surface area (Å²) in [5.74, 6) is -0.723. The predicted molar refractivity (Wildman–Crippen MR) is 91.0 cm³/mol. The maximum Gasteiger partial charge on any atom is 0.306 e. The van der Waals surface area contributed by atoms with E-state index in [9.17, 15) is 14.4 Å². The summed E-state index contributed by atoms with van der Waals surface area (Å²) < 4.78 is 10.1. The van der Waals surface area contributed by atoms with Gasteiger partial charge in [0.05, 0.1) is 19.2 Å². The Labute approximate surface area is 141 Å². The second kappa shape index (κ2) is 8.33. The fourth-order valence-corrected chi connectivity index (χ4v) is 1.90. The molecule has 2 amide bonds. The van der Waals surface area contributed by atoms with E-state index in [1.165, 1.54) is 14.0 Å². The maximum atomic E-state index is 12.0. The highest BCUT2D eigenvalue weighted by molar-refractivity contribution is 5.96. The molecular formula is C17H24N2O5. The number of anilines is 2. The summed E-state index contributed by atoms with van der Waals surface area (Å²) in [7, 11) is 1.46. The molecule has 0 unspecified atom stereocenters. The number of hydrogen-bond donors (Lipinski definition) is 2. The van der Waals surface area contributed by atoms with Gasteiger partial charge in [0, 0.05) is 12.6 Å². The number of amides is 2. The maximum absolute atomic E-state index is 12.0. The minimum atomic E-state index is -0.490. The van der Waals surface area contributed by atoms with Gasteiger partial charge in [-0.3, -0.25) is 14.4 Å². The van der Waals surface area contributed by atoms with Gasteiger partial charge in [-0.25, -0.2) is 0 Å². The van der Waals surface area contributed by atoms with Crippen molar-refractivity contribution >= 4 is 29.2 Å². The second-order valence-electron chi connectivity index (χ2n) is 6.54. The van der Waals surface area contributed by atoms with E-state index in [1.54, 1.807) is 18.2 Å². The zero-order valence-electron chi connectivity index (χ0n) is 14.7. The molecule has 1 rings (SSSR count). The molecule has 0 aromatic heterocycles. The molecule has 0 heterocycles. The minimum absolute atomic E-state index is 0.205. The van der Waals surface area contributed by atoms with E-state index >= 15 is 0 Å². The summed E-state index contributed by atoms with van der Waals surface area (Å²) in [6.07, 6.45) is 0.224. The highest BCUT2D eigenvalue weighted by atomic mass is 16.5. The van der Waals surface area contributed by atoms with Crippen LogP contribution in [0.3, 0.4) is 0 Å². The van der Waals surface area contributed by atoms with Gasteiger partial charge in [-0.15, -0.1) is 0 Å². The molecule has 132 valence electrons. The molecular weight excluding hydrogens is 312 g/mol. The lowest BCUT2D eigenvalue weighted by Crippen LogP contribution is -2.23. The predicted octanol–water partition coefficient (Wildman–Crippen LogP) is 2.57. The SMILES string of the molecule is COc1ccc(NC(C)=O)cc1NC(=O)COC(=O)CC(C)(C)C. The van der Waals surface area contributed by atoms with Gasteiger partial charge < -0.3 is 20.1 Å². The van der Waals surface area contributed by atoms with E-state index in [4.69, 9.17) is 9.47 Å². The van der Waals surface area contributed by atoms with Crippen LogP contribution in [0, 0.1) is 5.41 Å². The van der Waals surface area contributed by atoms with Crippen LogP contribution in [-0.2, 0) is 19.1 Å². The lowest BCUT2D eigenvalue weighted by atomic mass is 9.92. The number of nitrogens with one attached hydrogen (secondary N) is 2. The smallest absolute Gasteiger partial charge is 0.306 e. The molecule has 0 aliphatic carbocycles. The van der Waals surface area contributed by atoms with E-state index < -0.39 is 11.9 Å². The van der Waals surface area contributed by atoms with Crippen LogP contribution >= 0.6 is 0 Å². The number of ether oxygens (including phenoxy) is 2. The Kier molecular flexibility index (Phi) is 6.76. The normalized spacial score (nSPS) is 10.7.